The van der Waals surface area contributed by atoms with Gasteiger partial charge in [-0.1, -0.05) is 6.07 Å². The largest absolute Gasteiger partial charge is 0.350 e. The van der Waals surface area contributed by atoms with Crippen LogP contribution in [0.3, 0.4) is 0 Å². The molecule has 0 bridgehead atoms. The van der Waals surface area contributed by atoms with E-state index in [1.807, 2.05) is 0 Å². The van der Waals surface area contributed by atoms with Crippen LogP contribution in [0, 0.1) is 10.1 Å². The van der Waals surface area contributed by atoms with E-state index in [4.69, 9.17) is 5.73 Å². The van der Waals surface area contributed by atoms with Gasteiger partial charge in [0.1, 0.15) is 4.21 Å². The highest BCUT2D eigenvalue weighted by atomic mass is 32.2. The molecule has 2 aliphatic rings. The third-order valence-corrected chi connectivity index (χ3v) is 9.35. The molecule has 2 fully saturated rings. The third kappa shape index (κ3) is 4.82. The molecule has 1 aliphatic heterocycles. The Bertz CT molecular complexity index is 1160. The lowest BCUT2D eigenvalue weighted by molar-refractivity contribution is -0.384. The van der Waals surface area contributed by atoms with E-state index >= 15 is 0 Å². The van der Waals surface area contributed by atoms with E-state index < -0.39 is 32.9 Å². The third-order valence-electron chi connectivity index (χ3n) is 6.13. The lowest BCUT2D eigenvalue weighted by Gasteiger charge is -2.32. The summed E-state index contributed by atoms with van der Waals surface area (Å²) in [4.78, 5) is 38.2. The van der Waals surface area contributed by atoms with E-state index in [1.54, 1.807) is 11.4 Å². The lowest BCUT2D eigenvalue weighted by Crippen LogP contribution is -2.56. The molecule has 11 nitrogen and oxygen atoms in total. The van der Waals surface area contributed by atoms with Crippen molar-refractivity contribution < 1.29 is 22.9 Å². The van der Waals surface area contributed by atoms with E-state index in [0.29, 0.717) is 12.8 Å². The number of amides is 2. The summed E-state index contributed by atoms with van der Waals surface area (Å²) in [5, 5.41) is 15.5. The van der Waals surface area contributed by atoms with Crippen LogP contribution in [0.2, 0.25) is 0 Å². The van der Waals surface area contributed by atoms with Crippen molar-refractivity contribution in [3.05, 3.63) is 57.5 Å². The molecule has 1 aromatic heterocycles. The fourth-order valence-corrected chi connectivity index (χ4v) is 6.96. The van der Waals surface area contributed by atoms with Crippen LogP contribution >= 0.6 is 11.3 Å². The SMILES string of the molecule is NC1CCC(NC(=O)C2N(C(=O)c3ccc([N+](=O)[O-])cc3)CCN2S(=O)(=O)c2cccs2)CC1. The quantitative estimate of drug-likeness (QED) is 0.443. The number of nitrogens with one attached hydrogen (secondary N) is 1. The molecule has 1 saturated heterocycles. The van der Waals surface area contributed by atoms with Gasteiger partial charge in [0.15, 0.2) is 6.17 Å². The molecule has 13 heteroatoms. The Labute approximate surface area is 200 Å². The second-order valence-corrected chi connectivity index (χ2v) is 11.4. The number of nitrogens with zero attached hydrogens (tertiary/aromatic N) is 3. The molecule has 4 rings (SSSR count). The predicted molar refractivity (Wildman–Crippen MR) is 125 cm³/mol. The number of nitro groups is 1. The van der Waals surface area contributed by atoms with Gasteiger partial charge in [0.25, 0.3) is 27.5 Å². The van der Waals surface area contributed by atoms with E-state index in [-0.39, 0.29) is 40.6 Å². The molecule has 3 N–H and O–H groups in total. The van der Waals surface area contributed by atoms with Crippen LogP contribution < -0.4 is 11.1 Å². The maximum Gasteiger partial charge on any atom is 0.269 e. The Morgan fingerprint density at radius 3 is 2.35 bits per heavy atom. The second-order valence-electron chi connectivity index (χ2n) is 8.34. The van der Waals surface area contributed by atoms with Crippen molar-refractivity contribution in [1.82, 2.24) is 14.5 Å². The summed E-state index contributed by atoms with van der Waals surface area (Å²) in [6.45, 7) is -0.0410. The number of benzene rings is 1. The van der Waals surface area contributed by atoms with Gasteiger partial charge in [-0.3, -0.25) is 19.7 Å². The summed E-state index contributed by atoms with van der Waals surface area (Å²) in [6, 6.07) is 7.98. The van der Waals surface area contributed by atoms with Crippen LogP contribution in [0.25, 0.3) is 0 Å². The van der Waals surface area contributed by atoms with Gasteiger partial charge < -0.3 is 16.0 Å². The standard InChI is InChI=1S/C21H25N5O6S2/c22-15-5-7-16(8-6-15)23-19(27)20-24(21(28)14-3-9-17(10-4-14)26(29)30)11-12-25(20)34(31,32)18-2-1-13-33-18/h1-4,9-10,13,15-16,20H,5-8,11-12,22H2,(H,23,27). The molecule has 182 valence electrons. The molecular weight excluding hydrogens is 482 g/mol. The first-order valence-electron chi connectivity index (χ1n) is 10.8. The van der Waals surface area contributed by atoms with Crippen molar-refractivity contribution in [3.63, 3.8) is 0 Å². The zero-order chi connectivity index (χ0) is 24.5. The fraction of sp³-hybridized carbons (Fsp3) is 0.429. The highest BCUT2D eigenvalue weighted by molar-refractivity contribution is 7.91. The molecule has 2 aromatic rings. The van der Waals surface area contributed by atoms with Crippen LogP contribution in [0.1, 0.15) is 36.0 Å². The minimum Gasteiger partial charge on any atom is -0.350 e. The highest BCUT2D eigenvalue weighted by Crippen LogP contribution is 2.29. The van der Waals surface area contributed by atoms with Crippen molar-refractivity contribution in [2.24, 2.45) is 5.73 Å². The molecule has 34 heavy (non-hydrogen) atoms. The Morgan fingerprint density at radius 1 is 1.09 bits per heavy atom. The second kappa shape index (κ2) is 9.78. The summed E-state index contributed by atoms with van der Waals surface area (Å²) >= 11 is 1.03. The molecule has 1 atom stereocenters. The van der Waals surface area contributed by atoms with Gasteiger partial charge in [0.05, 0.1) is 4.92 Å². The highest BCUT2D eigenvalue weighted by Gasteiger charge is 2.47. The van der Waals surface area contributed by atoms with Crippen molar-refractivity contribution in [2.45, 2.75) is 48.1 Å². The Balaban J connectivity index is 1.62. The lowest BCUT2D eigenvalue weighted by atomic mass is 9.92. The summed E-state index contributed by atoms with van der Waals surface area (Å²) in [5.74, 6) is -1.15. The van der Waals surface area contributed by atoms with Gasteiger partial charge in [-0.25, -0.2) is 8.42 Å². The molecule has 2 amide bonds. The van der Waals surface area contributed by atoms with Crippen LogP contribution in [-0.2, 0) is 14.8 Å². The number of carbonyl (C=O) groups excluding carboxylic acids is 2. The molecule has 2 heterocycles. The van der Waals surface area contributed by atoms with Crippen LogP contribution in [0.5, 0.6) is 0 Å². The topological polar surface area (TPSA) is 156 Å². The number of carbonyl (C=O) groups is 2. The minimum absolute atomic E-state index is 0.00799. The van der Waals surface area contributed by atoms with Crippen LogP contribution in [0.4, 0.5) is 5.69 Å². The smallest absolute Gasteiger partial charge is 0.269 e. The molecule has 1 saturated carbocycles. The van der Waals surface area contributed by atoms with Crippen molar-refractivity contribution >= 4 is 38.9 Å². The van der Waals surface area contributed by atoms with E-state index in [2.05, 4.69) is 5.32 Å². The normalized spacial score (nSPS) is 23.6. The van der Waals surface area contributed by atoms with E-state index in [0.717, 1.165) is 28.5 Å². The summed E-state index contributed by atoms with van der Waals surface area (Å²) in [6.07, 6.45) is 1.47. The first-order valence-corrected chi connectivity index (χ1v) is 13.2. The fourth-order valence-electron chi connectivity index (χ4n) is 4.30. The number of nitro benzene ring substituents is 1. The zero-order valence-electron chi connectivity index (χ0n) is 18.2. The van der Waals surface area contributed by atoms with E-state index in [9.17, 15) is 28.1 Å². The molecule has 0 spiro atoms. The molecule has 1 unspecified atom stereocenters. The van der Waals surface area contributed by atoms with Crippen LogP contribution in [0.15, 0.2) is 46.0 Å². The molecular formula is C21H25N5O6S2. The number of thiophene rings is 1. The molecule has 0 radical (unpaired) electrons. The minimum atomic E-state index is -4.02. The van der Waals surface area contributed by atoms with Gasteiger partial charge in [0, 0.05) is 42.9 Å². The molecule has 1 aliphatic carbocycles. The maximum atomic E-state index is 13.4. The predicted octanol–water partition coefficient (Wildman–Crippen LogP) is 1.52. The Morgan fingerprint density at radius 2 is 1.76 bits per heavy atom. The maximum absolute atomic E-state index is 13.4. The average molecular weight is 508 g/mol. The Hall–Kier alpha value is -2.87. The summed E-state index contributed by atoms with van der Waals surface area (Å²) < 4.78 is 27.7. The van der Waals surface area contributed by atoms with E-state index in [1.165, 1.54) is 35.2 Å². The van der Waals surface area contributed by atoms with Crippen molar-refractivity contribution in [1.29, 1.82) is 0 Å². The number of rotatable bonds is 6. The number of hydrogen-bond acceptors (Lipinski definition) is 8. The van der Waals surface area contributed by atoms with Gasteiger partial charge >= 0.3 is 0 Å². The van der Waals surface area contributed by atoms with Gasteiger partial charge in [-0.15, -0.1) is 11.3 Å². The first-order chi connectivity index (χ1) is 16.2. The first kappa shape index (κ1) is 24.3. The number of nitrogens with two attached hydrogens (primary N) is 1. The number of hydrogen-bond donors (Lipinski definition) is 2. The van der Waals surface area contributed by atoms with Crippen molar-refractivity contribution in [2.75, 3.05) is 13.1 Å². The summed E-state index contributed by atoms with van der Waals surface area (Å²) in [7, 11) is -4.02. The van der Waals surface area contributed by atoms with Crippen molar-refractivity contribution in [3.8, 4) is 0 Å². The van der Waals surface area contributed by atoms with Gasteiger partial charge in [-0.2, -0.15) is 4.31 Å². The number of non-ortho nitro benzene ring substituents is 1. The average Bonchev–Trinajstić information content (AvgIpc) is 3.51. The Kier molecular flexibility index (Phi) is 6.98. The van der Waals surface area contributed by atoms with Gasteiger partial charge in [0.2, 0.25) is 0 Å². The molecule has 1 aromatic carbocycles. The van der Waals surface area contributed by atoms with Crippen LogP contribution in [-0.4, -0.2) is 65.7 Å². The zero-order valence-corrected chi connectivity index (χ0v) is 19.8. The number of sulfonamides is 1. The van der Waals surface area contributed by atoms with Gasteiger partial charge in [-0.05, 0) is 49.3 Å². The monoisotopic (exact) mass is 507 g/mol. The summed E-state index contributed by atoms with van der Waals surface area (Å²) in [5.41, 5.74) is 5.90.